The second-order valence-electron chi connectivity index (χ2n) is 6.19. The maximum atomic E-state index is 13.5. The molecule has 0 heterocycles. The Kier molecular flexibility index (Phi) is 8.79. The Labute approximate surface area is 169 Å². The van der Waals surface area contributed by atoms with E-state index in [2.05, 4.69) is 5.32 Å². The van der Waals surface area contributed by atoms with Crippen LogP contribution in [0.25, 0.3) is 0 Å². The highest BCUT2D eigenvalue weighted by molar-refractivity contribution is 7.98. The Morgan fingerprint density at radius 1 is 1.14 bits per heavy atom. The van der Waals surface area contributed by atoms with Gasteiger partial charge in [-0.1, -0.05) is 18.2 Å². The van der Waals surface area contributed by atoms with Crippen LogP contribution in [0.1, 0.15) is 18.4 Å². The molecule has 0 aliphatic heterocycles. The number of hydrogen-bond donors (Lipinski definition) is 1. The van der Waals surface area contributed by atoms with Crippen molar-refractivity contribution in [2.75, 3.05) is 25.2 Å². The summed E-state index contributed by atoms with van der Waals surface area (Å²) >= 11 is 1.57. The van der Waals surface area contributed by atoms with Crippen molar-refractivity contribution in [3.05, 3.63) is 59.9 Å². The molecule has 2 aromatic carbocycles. The van der Waals surface area contributed by atoms with E-state index in [0.717, 1.165) is 6.26 Å². The molecule has 0 bridgehead atoms. The second kappa shape index (κ2) is 11.1. The van der Waals surface area contributed by atoms with Gasteiger partial charge in [0.2, 0.25) is 5.91 Å². The molecule has 0 radical (unpaired) electrons. The normalized spacial score (nSPS) is 11.2. The van der Waals surface area contributed by atoms with Gasteiger partial charge in [-0.25, -0.2) is 12.8 Å². The fraction of sp³-hybridized carbons (Fsp3) is 0.350. The summed E-state index contributed by atoms with van der Waals surface area (Å²) in [5, 5.41) is 2.83. The second-order valence-corrected chi connectivity index (χ2v) is 9.31. The van der Waals surface area contributed by atoms with Crippen LogP contribution in [0, 0.1) is 5.82 Å². The zero-order chi connectivity index (χ0) is 20.4. The van der Waals surface area contributed by atoms with Gasteiger partial charge in [-0.05, 0) is 42.3 Å². The largest absolute Gasteiger partial charge is 0.494 e. The minimum absolute atomic E-state index is 0.0532. The third-order valence-corrected chi connectivity index (χ3v) is 5.99. The van der Waals surface area contributed by atoms with E-state index in [0.29, 0.717) is 48.8 Å². The molecule has 0 fully saturated rings. The zero-order valence-corrected chi connectivity index (χ0v) is 17.3. The summed E-state index contributed by atoms with van der Waals surface area (Å²) in [7, 11) is -3.22. The van der Waals surface area contributed by atoms with Crippen molar-refractivity contribution < 1.29 is 22.3 Å². The molecule has 1 N–H and O–H groups in total. The first-order chi connectivity index (χ1) is 13.4. The van der Waals surface area contributed by atoms with E-state index in [-0.39, 0.29) is 16.6 Å². The predicted molar refractivity (Wildman–Crippen MR) is 110 cm³/mol. The molecule has 0 aromatic heterocycles. The summed E-state index contributed by atoms with van der Waals surface area (Å²) in [6, 6.07) is 12.9. The summed E-state index contributed by atoms with van der Waals surface area (Å²) < 4.78 is 41.8. The summed E-state index contributed by atoms with van der Waals surface area (Å²) in [4.78, 5) is 12.0. The Morgan fingerprint density at radius 2 is 1.86 bits per heavy atom. The van der Waals surface area contributed by atoms with Gasteiger partial charge in [-0.3, -0.25) is 4.79 Å². The monoisotopic (exact) mass is 425 g/mol. The molecular formula is C20H24FNO4S2. The van der Waals surface area contributed by atoms with Crippen molar-refractivity contribution in [3.8, 4) is 5.75 Å². The molecule has 152 valence electrons. The fourth-order valence-electron chi connectivity index (χ4n) is 2.35. The average molecular weight is 426 g/mol. The highest BCUT2D eigenvalue weighted by atomic mass is 32.2. The van der Waals surface area contributed by atoms with Crippen LogP contribution in [-0.2, 0) is 20.4 Å². The van der Waals surface area contributed by atoms with Crippen LogP contribution in [-0.4, -0.2) is 39.5 Å². The molecule has 0 spiro atoms. The van der Waals surface area contributed by atoms with Gasteiger partial charge in [0, 0.05) is 30.7 Å². The number of benzene rings is 2. The summed E-state index contributed by atoms with van der Waals surface area (Å²) in [6.07, 6.45) is 2.06. The fourth-order valence-corrected chi connectivity index (χ4v) is 3.83. The van der Waals surface area contributed by atoms with Gasteiger partial charge in [-0.15, -0.1) is 0 Å². The molecular weight excluding hydrogens is 401 g/mol. The molecule has 0 atom stereocenters. The molecule has 0 saturated heterocycles. The number of amides is 1. The quantitative estimate of drug-likeness (QED) is 0.559. The lowest BCUT2D eigenvalue weighted by molar-refractivity contribution is -0.121. The Hall–Kier alpha value is -2.06. The Bertz CT molecular complexity index is 870. The van der Waals surface area contributed by atoms with Gasteiger partial charge < -0.3 is 10.1 Å². The number of carbonyl (C=O) groups is 1. The minimum Gasteiger partial charge on any atom is -0.494 e. The minimum atomic E-state index is -3.22. The third-order valence-electron chi connectivity index (χ3n) is 3.85. The molecule has 0 aliphatic carbocycles. The van der Waals surface area contributed by atoms with Crippen molar-refractivity contribution in [2.45, 2.75) is 23.5 Å². The summed E-state index contributed by atoms with van der Waals surface area (Å²) in [5.41, 5.74) is 0.667. The van der Waals surface area contributed by atoms with Crippen LogP contribution < -0.4 is 10.1 Å². The van der Waals surface area contributed by atoms with Gasteiger partial charge >= 0.3 is 0 Å². The van der Waals surface area contributed by atoms with Gasteiger partial charge in [-0.2, -0.15) is 11.8 Å². The zero-order valence-electron chi connectivity index (χ0n) is 15.7. The summed E-state index contributed by atoms with van der Waals surface area (Å²) in [5.74, 6) is 1.60. The highest BCUT2D eigenvalue weighted by Crippen LogP contribution is 2.16. The maximum Gasteiger partial charge on any atom is 0.220 e. The molecule has 0 aliphatic rings. The Morgan fingerprint density at radius 3 is 2.54 bits per heavy atom. The first kappa shape index (κ1) is 22.2. The number of halogens is 1. The van der Waals surface area contributed by atoms with Crippen molar-refractivity contribution in [3.63, 3.8) is 0 Å². The van der Waals surface area contributed by atoms with E-state index in [4.69, 9.17) is 4.74 Å². The lowest BCUT2D eigenvalue weighted by Gasteiger charge is -2.08. The van der Waals surface area contributed by atoms with Gasteiger partial charge in [0.05, 0.1) is 11.5 Å². The number of sulfone groups is 1. The number of nitrogens with one attached hydrogen (secondary N) is 1. The number of carbonyl (C=O) groups excluding carboxylic acids is 1. The molecule has 0 unspecified atom stereocenters. The number of rotatable bonds is 11. The van der Waals surface area contributed by atoms with Crippen molar-refractivity contribution >= 4 is 27.5 Å². The molecule has 5 nitrogen and oxygen atoms in total. The average Bonchev–Trinajstić information content (AvgIpc) is 2.66. The van der Waals surface area contributed by atoms with Crippen LogP contribution in [0.3, 0.4) is 0 Å². The lowest BCUT2D eigenvalue weighted by Crippen LogP contribution is -2.25. The van der Waals surface area contributed by atoms with Crippen LogP contribution >= 0.6 is 11.8 Å². The predicted octanol–water partition coefficient (Wildman–Crippen LogP) is 3.44. The van der Waals surface area contributed by atoms with Gasteiger partial charge in [0.25, 0.3) is 0 Å². The van der Waals surface area contributed by atoms with Gasteiger partial charge in [0.15, 0.2) is 9.84 Å². The summed E-state index contributed by atoms with van der Waals surface area (Å²) in [6.45, 7) is 0.902. The Balaban J connectivity index is 1.55. The van der Waals surface area contributed by atoms with Crippen molar-refractivity contribution in [1.82, 2.24) is 5.32 Å². The van der Waals surface area contributed by atoms with E-state index >= 15 is 0 Å². The van der Waals surface area contributed by atoms with E-state index in [1.54, 1.807) is 36.0 Å². The van der Waals surface area contributed by atoms with Crippen molar-refractivity contribution in [1.29, 1.82) is 0 Å². The SMILES string of the molecule is CS(=O)(=O)c1ccc(OCCCC(=O)NCCSCc2ccccc2F)cc1. The van der Waals surface area contributed by atoms with E-state index < -0.39 is 9.84 Å². The number of hydrogen-bond acceptors (Lipinski definition) is 5. The van der Waals surface area contributed by atoms with Crippen LogP contribution in [0.15, 0.2) is 53.4 Å². The van der Waals surface area contributed by atoms with Crippen LogP contribution in [0.5, 0.6) is 5.75 Å². The van der Waals surface area contributed by atoms with Gasteiger partial charge in [0.1, 0.15) is 11.6 Å². The number of thioether (sulfide) groups is 1. The van der Waals surface area contributed by atoms with E-state index in [1.165, 1.54) is 18.2 Å². The first-order valence-corrected chi connectivity index (χ1v) is 11.9. The molecule has 0 saturated carbocycles. The number of ether oxygens (including phenoxy) is 1. The molecule has 1 amide bonds. The van der Waals surface area contributed by atoms with E-state index in [9.17, 15) is 17.6 Å². The molecule has 28 heavy (non-hydrogen) atoms. The highest BCUT2D eigenvalue weighted by Gasteiger charge is 2.07. The standard InChI is InChI=1S/C20H24FNO4S2/c1-28(24,25)18-10-8-17(9-11-18)26-13-4-7-20(23)22-12-14-27-15-16-5-2-3-6-19(16)21/h2-3,5-6,8-11H,4,7,12-15H2,1H3,(H,22,23). The smallest absolute Gasteiger partial charge is 0.220 e. The van der Waals surface area contributed by atoms with E-state index in [1.807, 2.05) is 6.07 Å². The first-order valence-electron chi connectivity index (χ1n) is 8.87. The van der Waals surface area contributed by atoms with Crippen LogP contribution in [0.2, 0.25) is 0 Å². The topological polar surface area (TPSA) is 72.5 Å². The molecule has 2 aromatic rings. The third kappa shape index (κ3) is 7.90. The lowest BCUT2D eigenvalue weighted by atomic mass is 10.2. The maximum absolute atomic E-state index is 13.5. The molecule has 2 rings (SSSR count). The van der Waals surface area contributed by atoms with Crippen LogP contribution in [0.4, 0.5) is 4.39 Å². The molecule has 8 heteroatoms. The van der Waals surface area contributed by atoms with Crippen molar-refractivity contribution in [2.24, 2.45) is 0 Å².